The minimum absolute atomic E-state index is 0.126. The number of tetrazole rings is 1. The molecule has 10 nitrogen and oxygen atoms in total. The second kappa shape index (κ2) is 10.8. The number of esters is 1. The molecule has 1 unspecified atom stereocenters. The lowest BCUT2D eigenvalue weighted by Gasteiger charge is -2.36. The van der Waals surface area contributed by atoms with E-state index in [4.69, 9.17) is 9.47 Å². The van der Waals surface area contributed by atoms with Gasteiger partial charge in [0, 0.05) is 24.7 Å². The highest BCUT2D eigenvalue weighted by molar-refractivity contribution is 5.80. The molecule has 36 heavy (non-hydrogen) atoms. The Morgan fingerprint density at radius 3 is 2.64 bits per heavy atom. The fourth-order valence-electron chi connectivity index (χ4n) is 5.65. The van der Waals surface area contributed by atoms with Crippen LogP contribution >= 0.6 is 0 Å². The first-order valence-corrected chi connectivity index (χ1v) is 13.0. The normalized spacial score (nSPS) is 18.8. The van der Waals surface area contributed by atoms with Gasteiger partial charge in [-0.3, -0.25) is 14.5 Å². The van der Waals surface area contributed by atoms with E-state index in [0.29, 0.717) is 49.7 Å². The Morgan fingerprint density at radius 2 is 1.92 bits per heavy atom. The van der Waals surface area contributed by atoms with Gasteiger partial charge in [0.2, 0.25) is 0 Å². The largest absolute Gasteiger partial charge is 0.497 e. The number of benzene rings is 1. The summed E-state index contributed by atoms with van der Waals surface area (Å²) in [6.45, 7) is 3.50. The van der Waals surface area contributed by atoms with Crippen molar-refractivity contribution < 1.29 is 14.3 Å². The molecule has 5 rings (SSSR count). The first-order valence-electron chi connectivity index (χ1n) is 13.0. The Balaban J connectivity index is 1.54. The molecule has 1 N–H and O–H groups in total. The summed E-state index contributed by atoms with van der Waals surface area (Å²) < 4.78 is 12.5. The molecule has 3 aromatic rings. The standard InChI is InChI=1S/C26H34N6O4/c1-3-36-26(34)17-11-13-31(14-12-17)23(24-28-29-30-32(24)19-7-5-4-6-8-19)21-15-18-9-10-20(35-2)16-22(18)27-25(21)33/h9-10,15-17,19,23H,3-8,11-14H2,1-2H3,(H,27,33). The maximum Gasteiger partial charge on any atom is 0.309 e. The first kappa shape index (κ1) is 24.4. The van der Waals surface area contributed by atoms with E-state index in [1.165, 1.54) is 6.42 Å². The number of likely N-dealkylation sites (tertiary alicyclic amines) is 1. The third kappa shape index (κ3) is 4.86. The average molecular weight is 495 g/mol. The Hall–Kier alpha value is -3.27. The van der Waals surface area contributed by atoms with Crippen LogP contribution in [0, 0.1) is 5.92 Å². The summed E-state index contributed by atoms with van der Waals surface area (Å²) in [7, 11) is 1.61. The Bertz CT molecular complexity index is 1260. The molecule has 2 fully saturated rings. The second-order valence-electron chi connectivity index (χ2n) is 9.75. The summed E-state index contributed by atoms with van der Waals surface area (Å²) in [4.78, 5) is 31.1. The maximum atomic E-state index is 13.5. The summed E-state index contributed by atoms with van der Waals surface area (Å²) in [5, 5.41) is 13.8. The molecule has 2 aromatic heterocycles. The number of aromatic nitrogens is 5. The van der Waals surface area contributed by atoms with E-state index >= 15 is 0 Å². The quantitative estimate of drug-likeness (QED) is 0.497. The van der Waals surface area contributed by atoms with Crippen LogP contribution in [0.4, 0.5) is 0 Å². The molecule has 0 radical (unpaired) electrons. The van der Waals surface area contributed by atoms with E-state index in [9.17, 15) is 9.59 Å². The molecule has 1 aromatic carbocycles. The van der Waals surface area contributed by atoms with Gasteiger partial charge in [-0.15, -0.1) is 5.10 Å². The number of H-pyrrole nitrogens is 1. The van der Waals surface area contributed by atoms with Crippen molar-refractivity contribution in [2.45, 2.75) is 64.0 Å². The van der Waals surface area contributed by atoms with Gasteiger partial charge in [-0.1, -0.05) is 19.3 Å². The Morgan fingerprint density at radius 1 is 1.14 bits per heavy atom. The Labute approximate surface area is 210 Å². The van der Waals surface area contributed by atoms with E-state index in [0.717, 1.165) is 36.6 Å². The summed E-state index contributed by atoms with van der Waals surface area (Å²) >= 11 is 0. The molecule has 3 heterocycles. The predicted octanol–water partition coefficient (Wildman–Crippen LogP) is 3.39. The smallest absolute Gasteiger partial charge is 0.309 e. The van der Waals surface area contributed by atoms with E-state index in [1.54, 1.807) is 7.11 Å². The molecule has 10 heteroatoms. The molecule has 0 bridgehead atoms. The molecule has 1 atom stereocenters. The number of pyridine rings is 1. The van der Waals surface area contributed by atoms with Crippen molar-refractivity contribution in [1.82, 2.24) is 30.1 Å². The molecule has 2 aliphatic rings. The van der Waals surface area contributed by atoms with Crippen LogP contribution < -0.4 is 10.3 Å². The highest BCUT2D eigenvalue weighted by Crippen LogP contribution is 2.35. The zero-order valence-electron chi connectivity index (χ0n) is 21.0. The number of piperidine rings is 1. The molecular formula is C26H34N6O4. The number of carbonyl (C=O) groups excluding carboxylic acids is 1. The number of methoxy groups -OCH3 is 1. The fourth-order valence-corrected chi connectivity index (χ4v) is 5.65. The van der Waals surface area contributed by atoms with Crippen LogP contribution in [0.15, 0.2) is 29.1 Å². The van der Waals surface area contributed by atoms with Crippen molar-refractivity contribution >= 4 is 16.9 Å². The van der Waals surface area contributed by atoms with Gasteiger partial charge in [-0.25, -0.2) is 4.68 Å². The van der Waals surface area contributed by atoms with Crippen LogP contribution in [-0.2, 0) is 9.53 Å². The number of aromatic amines is 1. The van der Waals surface area contributed by atoms with Crippen LogP contribution in [0.25, 0.3) is 10.9 Å². The maximum absolute atomic E-state index is 13.5. The van der Waals surface area contributed by atoms with Crippen molar-refractivity contribution in [1.29, 1.82) is 0 Å². The van der Waals surface area contributed by atoms with Crippen molar-refractivity contribution in [2.24, 2.45) is 5.92 Å². The van der Waals surface area contributed by atoms with Gasteiger partial charge in [0.25, 0.3) is 5.56 Å². The van der Waals surface area contributed by atoms with Gasteiger partial charge < -0.3 is 14.5 Å². The van der Waals surface area contributed by atoms with Gasteiger partial charge in [0.1, 0.15) is 11.8 Å². The summed E-state index contributed by atoms with van der Waals surface area (Å²) in [6.07, 6.45) is 6.93. The number of ether oxygens (including phenoxy) is 2. The number of fused-ring (bicyclic) bond motifs is 1. The topological polar surface area (TPSA) is 115 Å². The van der Waals surface area contributed by atoms with Crippen LogP contribution in [0.1, 0.15) is 75.3 Å². The first-order chi connectivity index (χ1) is 17.6. The summed E-state index contributed by atoms with van der Waals surface area (Å²) in [6, 6.07) is 7.41. The minimum atomic E-state index is -0.416. The van der Waals surface area contributed by atoms with Crippen molar-refractivity contribution in [3.8, 4) is 5.75 Å². The van der Waals surface area contributed by atoms with E-state index < -0.39 is 6.04 Å². The number of nitrogens with one attached hydrogen (secondary N) is 1. The molecule has 1 aliphatic heterocycles. The summed E-state index contributed by atoms with van der Waals surface area (Å²) in [5.74, 6) is 1.11. The van der Waals surface area contributed by atoms with Gasteiger partial charge in [0.15, 0.2) is 5.82 Å². The fraction of sp³-hybridized carbons (Fsp3) is 0.577. The van der Waals surface area contributed by atoms with Crippen LogP contribution in [-0.4, -0.2) is 62.9 Å². The predicted molar refractivity (Wildman–Crippen MR) is 134 cm³/mol. The van der Waals surface area contributed by atoms with Gasteiger partial charge in [-0.05, 0) is 66.6 Å². The highest BCUT2D eigenvalue weighted by atomic mass is 16.5. The second-order valence-corrected chi connectivity index (χ2v) is 9.75. The number of hydrogen-bond acceptors (Lipinski definition) is 8. The molecule has 0 amide bonds. The highest BCUT2D eigenvalue weighted by Gasteiger charge is 2.36. The lowest BCUT2D eigenvalue weighted by molar-refractivity contribution is -0.149. The summed E-state index contributed by atoms with van der Waals surface area (Å²) in [5.41, 5.74) is 1.15. The van der Waals surface area contributed by atoms with E-state index in [2.05, 4.69) is 25.4 Å². The molecule has 1 saturated heterocycles. The molecular weight excluding hydrogens is 460 g/mol. The number of nitrogens with zero attached hydrogens (tertiary/aromatic N) is 5. The molecule has 0 spiro atoms. The third-order valence-electron chi connectivity index (χ3n) is 7.57. The lowest BCUT2D eigenvalue weighted by Crippen LogP contribution is -2.42. The Kier molecular flexibility index (Phi) is 7.31. The monoisotopic (exact) mass is 494 g/mol. The lowest BCUT2D eigenvalue weighted by atomic mass is 9.93. The van der Waals surface area contributed by atoms with Crippen molar-refractivity contribution in [2.75, 3.05) is 26.8 Å². The van der Waals surface area contributed by atoms with Crippen molar-refractivity contribution in [3.63, 3.8) is 0 Å². The van der Waals surface area contributed by atoms with E-state index in [-0.39, 0.29) is 23.5 Å². The van der Waals surface area contributed by atoms with Crippen LogP contribution in [0.2, 0.25) is 0 Å². The number of carbonyl (C=O) groups is 1. The number of rotatable bonds is 7. The average Bonchev–Trinajstić information content (AvgIpc) is 3.39. The number of hydrogen-bond donors (Lipinski definition) is 1. The van der Waals surface area contributed by atoms with Crippen LogP contribution in [0.5, 0.6) is 5.75 Å². The zero-order chi connectivity index (χ0) is 25.1. The third-order valence-corrected chi connectivity index (χ3v) is 7.57. The van der Waals surface area contributed by atoms with E-state index in [1.807, 2.05) is 35.9 Å². The SMILES string of the molecule is CCOC(=O)C1CCN(C(c2cc3ccc(OC)cc3[nH]c2=O)c2nnnn2C2CCCCC2)CC1. The van der Waals surface area contributed by atoms with Crippen molar-refractivity contribution in [3.05, 3.63) is 46.0 Å². The zero-order valence-corrected chi connectivity index (χ0v) is 21.0. The van der Waals surface area contributed by atoms with Crippen LogP contribution in [0.3, 0.4) is 0 Å². The van der Waals surface area contributed by atoms with Gasteiger partial charge in [-0.2, -0.15) is 0 Å². The van der Waals surface area contributed by atoms with Gasteiger partial charge in [0.05, 0.1) is 31.2 Å². The molecule has 1 aliphatic carbocycles. The molecule has 192 valence electrons. The van der Waals surface area contributed by atoms with Gasteiger partial charge >= 0.3 is 5.97 Å². The molecule has 1 saturated carbocycles. The minimum Gasteiger partial charge on any atom is -0.497 e.